The molecule has 0 spiro atoms. The third kappa shape index (κ3) is 17.4. The fraction of sp³-hybridized carbons (Fsp3) is 0.700. The van der Waals surface area contributed by atoms with Crippen LogP contribution in [0.5, 0.6) is 0 Å². The Kier molecular flexibility index (Phi) is 21.6. The van der Waals surface area contributed by atoms with Gasteiger partial charge in [0.2, 0.25) is 11.8 Å². The zero-order valence-corrected chi connectivity index (χ0v) is 24.5. The largest absolute Gasteiger partial charge is 0.461 e. The third-order valence-corrected chi connectivity index (χ3v) is 6.93. The molecular formula is C30H52ClN3O4. The second-order valence-electron chi connectivity index (χ2n) is 10.2. The van der Waals surface area contributed by atoms with E-state index in [0.717, 1.165) is 24.8 Å². The van der Waals surface area contributed by atoms with E-state index in [9.17, 15) is 14.4 Å². The molecule has 0 heterocycles. The fourth-order valence-corrected chi connectivity index (χ4v) is 4.55. The molecule has 2 atom stereocenters. The molecule has 0 bridgehead atoms. The Balaban J connectivity index is 0.0000137. The van der Waals surface area contributed by atoms with Crippen molar-refractivity contribution >= 4 is 30.2 Å². The smallest absolute Gasteiger partial charge is 0.306 e. The SMILES string of the molecule is CCCCCCCCCCCCC[C@@H](CC(N)=O)N(C)C(=O)[C@@H](N)CCCC(=O)OCc1ccccc1.Cl. The Labute approximate surface area is 236 Å². The Morgan fingerprint density at radius 1 is 0.842 bits per heavy atom. The van der Waals surface area contributed by atoms with Crippen LogP contribution in [-0.2, 0) is 25.7 Å². The van der Waals surface area contributed by atoms with E-state index in [2.05, 4.69) is 6.92 Å². The molecule has 0 fully saturated rings. The number of primary amides is 1. The highest BCUT2D eigenvalue weighted by atomic mass is 35.5. The van der Waals surface area contributed by atoms with Gasteiger partial charge in [0.05, 0.1) is 6.04 Å². The molecule has 0 aliphatic carbocycles. The number of amides is 2. The summed E-state index contributed by atoms with van der Waals surface area (Å²) in [6.07, 6.45) is 15.7. The minimum atomic E-state index is -0.723. The van der Waals surface area contributed by atoms with Crippen LogP contribution in [0, 0.1) is 0 Å². The van der Waals surface area contributed by atoms with E-state index < -0.39 is 11.9 Å². The molecule has 7 nitrogen and oxygen atoms in total. The van der Waals surface area contributed by atoms with Crippen molar-refractivity contribution in [2.75, 3.05) is 7.05 Å². The minimum absolute atomic E-state index is 0. The molecule has 1 rings (SSSR count). The quantitative estimate of drug-likeness (QED) is 0.134. The standard InChI is InChI=1S/C30H51N3O4.ClH/c1-3-4-5-6-7-8-9-10-11-12-16-20-26(23-28(32)34)33(2)30(36)27(31)21-17-22-29(35)37-24-25-18-14-13-15-19-25;/h13-15,18-19,26-27H,3-12,16-17,20-24,31H2,1-2H3,(H2,32,34);1H/t26-,27-;/m0./s1. The number of ether oxygens (including phenoxy) is 1. The monoisotopic (exact) mass is 553 g/mol. The van der Waals surface area contributed by atoms with Crippen molar-refractivity contribution < 1.29 is 19.1 Å². The molecule has 0 radical (unpaired) electrons. The van der Waals surface area contributed by atoms with Crippen LogP contribution in [0.15, 0.2) is 30.3 Å². The van der Waals surface area contributed by atoms with Crippen LogP contribution in [0.3, 0.4) is 0 Å². The number of unbranched alkanes of at least 4 members (excludes halogenated alkanes) is 10. The average molecular weight is 554 g/mol. The van der Waals surface area contributed by atoms with E-state index in [1.54, 1.807) is 11.9 Å². The van der Waals surface area contributed by atoms with E-state index in [1.165, 1.54) is 57.8 Å². The molecule has 0 aromatic heterocycles. The van der Waals surface area contributed by atoms with Crippen LogP contribution in [0.25, 0.3) is 0 Å². The molecule has 2 amide bonds. The Hall–Kier alpha value is -2.12. The highest BCUT2D eigenvalue weighted by Crippen LogP contribution is 2.17. The van der Waals surface area contributed by atoms with Gasteiger partial charge in [0.25, 0.3) is 0 Å². The summed E-state index contributed by atoms with van der Waals surface area (Å²) in [5.41, 5.74) is 12.5. The number of halogens is 1. The summed E-state index contributed by atoms with van der Waals surface area (Å²) in [7, 11) is 1.70. The minimum Gasteiger partial charge on any atom is -0.461 e. The second-order valence-corrected chi connectivity index (χ2v) is 10.2. The number of nitrogens with zero attached hydrogens (tertiary/aromatic N) is 1. The number of rotatable bonds is 22. The number of hydrogen-bond donors (Lipinski definition) is 2. The lowest BCUT2D eigenvalue weighted by Gasteiger charge is -2.30. The third-order valence-electron chi connectivity index (χ3n) is 6.93. The zero-order valence-electron chi connectivity index (χ0n) is 23.7. The Bertz CT molecular complexity index is 763. The molecule has 0 unspecified atom stereocenters. The molecule has 218 valence electrons. The van der Waals surface area contributed by atoms with Crippen molar-refractivity contribution in [1.82, 2.24) is 4.90 Å². The lowest BCUT2D eigenvalue weighted by molar-refractivity contribution is -0.145. The molecule has 0 aliphatic heterocycles. The maximum absolute atomic E-state index is 12.9. The first-order chi connectivity index (χ1) is 17.8. The first-order valence-corrected chi connectivity index (χ1v) is 14.3. The number of carbonyl (C=O) groups excluding carboxylic acids is 3. The van der Waals surface area contributed by atoms with Crippen LogP contribution in [-0.4, -0.2) is 41.8 Å². The molecule has 1 aromatic rings. The van der Waals surface area contributed by atoms with Crippen LogP contribution >= 0.6 is 12.4 Å². The summed E-state index contributed by atoms with van der Waals surface area (Å²) in [6.45, 7) is 2.48. The van der Waals surface area contributed by atoms with E-state index in [0.29, 0.717) is 12.8 Å². The van der Waals surface area contributed by atoms with Crippen LogP contribution in [0.4, 0.5) is 0 Å². The molecule has 8 heteroatoms. The van der Waals surface area contributed by atoms with Gasteiger partial charge in [-0.1, -0.05) is 108 Å². The summed E-state index contributed by atoms with van der Waals surface area (Å²) < 4.78 is 5.28. The molecule has 0 saturated heterocycles. The number of esters is 1. The van der Waals surface area contributed by atoms with Crippen LogP contribution < -0.4 is 11.5 Å². The maximum Gasteiger partial charge on any atom is 0.306 e. The summed E-state index contributed by atoms with van der Waals surface area (Å²) in [5.74, 6) is -0.936. The van der Waals surface area contributed by atoms with Gasteiger partial charge in [-0.05, 0) is 24.8 Å². The molecule has 0 saturated carbocycles. The lowest BCUT2D eigenvalue weighted by atomic mass is 10.0. The number of hydrogen-bond acceptors (Lipinski definition) is 5. The topological polar surface area (TPSA) is 116 Å². The highest BCUT2D eigenvalue weighted by Gasteiger charge is 2.25. The van der Waals surface area contributed by atoms with E-state index >= 15 is 0 Å². The Morgan fingerprint density at radius 3 is 1.95 bits per heavy atom. The van der Waals surface area contributed by atoms with Crippen molar-refractivity contribution in [3.63, 3.8) is 0 Å². The first-order valence-electron chi connectivity index (χ1n) is 14.3. The first kappa shape index (κ1) is 35.9. The van der Waals surface area contributed by atoms with Crippen LogP contribution in [0.2, 0.25) is 0 Å². The molecule has 1 aromatic carbocycles. The summed E-state index contributed by atoms with van der Waals surface area (Å²) in [6, 6.07) is 8.53. The number of likely N-dealkylation sites (N-methyl/N-ethyl adjacent to an activating group) is 1. The van der Waals surface area contributed by atoms with Gasteiger partial charge in [-0.2, -0.15) is 0 Å². The van der Waals surface area contributed by atoms with Crippen molar-refractivity contribution in [3.8, 4) is 0 Å². The predicted molar refractivity (Wildman–Crippen MR) is 157 cm³/mol. The van der Waals surface area contributed by atoms with Gasteiger partial charge in [0.1, 0.15) is 6.61 Å². The lowest BCUT2D eigenvalue weighted by Crippen LogP contribution is -2.47. The average Bonchev–Trinajstić information content (AvgIpc) is 2.89. The predicted octanol–water partition coefficient (Wildman–Crippen LogP) is 6.05. The van der Waals surface area contributed by atoms with Gasteiger partial charge in [-0.3, -0.25) is 14.4 Å². The van der Waals surface area contributed by atoms with Crippen molar-refractivity contribution in [2.24, 2.45) is 11.5 Å². The maximum atomic E-state index is 12.9. The van der Waals surface area contributed by atoms with E-state index in [4.69, 9.17) is 16.2 Å². The van der Waals surface area contributed by atoms with E-state index in [1.807, 2.05) is 30.3 Å². The summed E-state index contributed by atoms with van der Waals surface area (Å²) in [5, 5.41) is 0. The highest BCUT2D eigenvalue weighted by molar-refractivity contribution is 5.85. The number of nitrogens with two attached hydrogens (primary N) is 2. The number of benzene rings is 1. The van der Waals surface area contributed by atoms with E-state index in [-0.39, 0.29) is 49.8 Å². The van der Waals surface area contributed by atoms with Crippen molar-refractivity contribution in [2.45, 2.75) is 128 Å². The van der Waals surface area contributed by atoms with Gasteiger partial charge in [0.15, 0.2) is 0 Å². The molecular weight excluding hydrogens is 502 g/mol. The van der Waals surface area contributed by atoms with Gasteiger partial charge in [-0.15, -0.1) is 12.4 Å². The van der Waals surface area contributed by atoms with Gasteiger partial charge >= 0.3 is 5.97 Å². The zero-order chi connectivity index (χ0) is 27.3. The fourth-order valence-electron chi connectivity index (χ4n) is 4.55. The van der Waals surface area contributed by atoms with Crippen molar-refractivity contribution in [3.05, 3.63) is 35.9 Å². The van der Waals surface area contributed by atoms with Crippen LogP contribution in [0.1, 0.15) is 115 Å². The van der Waals surface area contributed by atoms with Gasteiger partial charge < -0.3 is 21.1 Å². The van der Waals surface area contributed by atoms with Gasteiger partial charge in [-0.25, -0.2) is 0 Å². The van der Waals surface area contributed by atoms with Crippen molar-refractivity contribution in [1.29, 1.82) is 0 Å². The Morgan fingerprint density at radius 2 is 1.39 bits per heavy atom. The van der Waals surface area contributed by atoms with Gasteiger partial charge in [0, 0.05) is 25.9 Å². The summed E-state index contributed by atoms with van der Waals surface area (Å²) >= 11 is 0. The molecule has 0 aliphatic rings. The second kappa shape index (κ2) is 22.8. The normalized spacial score (nSPS) is 12.3. The molecule has 4 N–H and O–H groups in total. The summed E-state index contributed by atoms with van der Waals surface area (Å²) in [4.78, 5) is 38.1. The molecule has 38 heavy (non-hydrogen) atoms. The number of carbonyl (C=O) groups is 3.